The first-order valence-electron chi connectivity index (χ1n) is 6.17. The number of anilines is 1. The molecule has 2 rings (SSSR count). The maximum Gasteiger partial charge on any atom is 0.258 e. The van der Waals surface area contributed by atoms with Crippen LogP contribution in [0, 0.1) is 0 Å². The van der Waals surface area contributed by atoms with E-state index in [9.17, 15) is 19.5 Å². The van der Waals surface area contributed by atoms with E-state index in [1.165, 1.54) is 18.2 Å². The smallest absolute Gasteiger partial charge is 0.258 e. The molecule has 7 heteroatoms. The van der Waals surface area contributed by atoms with Crippen molar-refractivity contribution in [3.8, 4) is 5.75 Å². The summed E-state index contributed by atoms with van der Waals surface area (Å²) in [4.78, 5) is 36.7. The summed E-state index contributed by atoms with van der Waals surface area (Å²) in [5.41, 5.74) is 5.59. The van der Waals surface area contributed by atoms with Crippen LogP contribution in [0.2, 0.25) is 0 Å². The number of nitrogens with one attached hydrogen (secondary N) is 1. The molecule has 20 heavy (non-hydrogen) atoms. The molecule has 1 saturated heterocycles. The van der Waals surface area contributed by atoms with Crippen LogP contribution in [-0.2, 0) is 9.59 Å². The number of hydrogen-bond acceptors (Lipinski definition) is 5. The molecule has 4 N–H and O–H groups in total. The Labute approximate surface area is 115 Å². The molecule has 1 aromatic carbocycles. The van der Waals surface area contributed by atoms with Gasteiger partial charge in [-0.1, -0.05) is 13.0 Å². The average molecular weight is 277 g/mol. The number of carbonyl (C=O) groups is 3. The molecule has 0 saturated carbocycles. The molecule has 0 spiro atoms. The van der Waals surface area contributed by atoms with E-state index in [-0.39, 0.29) is 23.5 Å². The predicted molar refractivity (Wildman–Crippen MR) is 70.8 cm³/mol. The normalized spacial score (nSPS) is 18.9. The van der Waals surface area contributed by atoms with Crippen LogP contribution in [0.3, 0.4) is 0 Å². The minimum absolute atomic E-state index is 0.0223. The van der Waals surface area contributed by atoms with E-state index in [2.05, 4.69) is 5.32 Å². The predicted octanol–water partition coefficient (Wildman–Crippen LogP) is -0.148. The number of benzene rings is 1. The number of carbonyl (C=O) groups excluding carboxylic acids is 3. The molecule has 1 aromatic rings. The van der Waals surface area contributed by atoms with Crippen LogP contribution >= 0.6 is 0 Å². The lowest BCUT2D eigenvalue weighted by Crippen LogP contribution is -2.59. The molecule has 1 atom stereocenters. The molecule has 0 aliphatic carbocycles. The maximum atomic E-state index is 12.4. The van der Waals surface area contributed by atoms with Crippen LogP contribution in [0.4, 0.5) is 5.69 Å². The molecular weight excluding hydrogens is 262 g/mol. The lowest BCUT2D eigenvalue weighted by atomic mass is 10.1. The molecule has 1 fully saturated rings. The Bertz CT molecular complexity index is 585. The van der Waals surface area contributed by atoms with Gasteiger partial charge < -0.3 is 15.7 Å². The van der Waals surface area contributed by atoms with E-state index in [1.54, 1.807) is 6.92 Å². The Morgan fingerprint density at radius 3 is 2.85 bits per heavy atom. The Kier molecular flexibility index (Phi) is 3.60. The van der Waals surface area contributed by atoms with Gasteiger partial charge in [-0.05, 0) is 18.6 Å². The van der Waals surface area contributed by atoms with Crippen molar-refractivity contribution < 1.29 is 19.5 Å². The largest absolute Gasteiger partial charge is 0.505 e. The van der Waals surface area contributed by atoms with Gasteiger partial charge in [-0.15, -0.1) is 0 Å². The van der Waals surface area contributed by atoms with Crippen LogP contribution in [0.5, 0.6) is 5.75 Å². The number of hydrogen-bond donors (Lipinski definition) is 3. The number of piperazine rings is 1. The van der Waals surface area contributed by atoms with Crippen molar-refractivity contribution in [1.82, 2.24) is 10.2 Å². The number of nitrogen functional groups attached to an aromatic ring is 1. The van der Waals surface area contributed by atoms with Crippen molar-refractivity contribution in [2.75, 3.05) is 12.3 Å². The van der Waals surface area contributed by atoms with E-state index in [0.29, 0.717) is 6.42 Å². The van der Waals surface area contributed by atoms with Crippen LogP contribution in [0.15, 0.2) is 18.2 Å². The van der Waals surface area contributed by atoms with E-state index in [1.807, 2.05) is 0 Å². The summed E-state index contributed by atoms with van der Waals surface area (Å²) < 4.78 is 0. The first-order valence-corrected chi connectivity index (χ1v) is 6.17. The summed E-state index contributed by atoms with van der Waals surface area (Å²) in [7, 11) is 0. The Balaban J connectivity index is 2.37. The summed E-state index contributed by atoms with van der Waals surface area (Å²) in [6.45, 7) is 1.51. The van der Waals surface area contributed by atoms with Crippen molar-refractivity contribution in [2.24, 2.45) is 0 Å². The minimum Gasteiger partial charge on any atom is -0.505 e. The summed E-state index contributed by atoms with van der Waals surface area (Å²) in [5, 5.41) is 12.0. The second-order valence-corrected chi connectivity index (χ2v) is 4.51. The van der Waals surface area contributed by atoms with Crippen molar-refractivity contribution in [1.29, 1.82) is 0 Å². The van der Waals surface area contributed by atoms with Crippen molar-refractivity contribution in [3.63, 3.8) is 0 Å². The molecule has 0 aromatic heterocycles. The monoisotopic (exact) mass is 277 g/mol. The van der Waals surface area contributed by atoms with Crippen molar-refractivity contribution in [3.05, 3.63) is 23.8 Å². The second kappa shape index (κ2) is 5.20. The summed E-state index contributed by atoms with van der Waals surface area (Å²) in [6, 6.07) is 3.64. The minimum atomic E-state index is -0.735. The van der Waals surface area contributed by atoms with Crippen molar-refractivity contribution in [2.45, 2.75) is 19.4 Å². The molecule has 7 nitrogen and oxygen atoms in total. The van der Waals surface area contributed by atoms with Gasteiger partial charge in [-0.2, -0.15) is 0 Å². The van der Waals surface area contributed by atoms with Crippen LogP contribution in [0.25, 0.3) is 0 Å². The number of para-hydroxylation sites is 1. The fourth-order valence-electron chi connectivity index (χ4n) is 2.17. The van der Waals surface area contributed by atoms with Crippen molar-refractivity contribution >= 4 is 23.4 Å². The Morgan fingerprint density at radius 1 is 1.50 bits per heavy atom. The fraction of sp³-hybridized carbons (Fsp3) is 0.308. The first kappa shape index (κ1) is 13.9. The number of nitrogens with zero attached hydrogens (tertiary/aromatic N) is 1. The SMILES string of the molecule is CCC1C(=O)NC(=O)CN1C(=O)c1cccc(N)c1O. The van der Waals surface area contributed by atoms with E-state index in [0.717, 1.165) is 4.90 Å². The molecule has 1 aliphatic rings. The molecule has 1 unspecified atom stereocenters. The Hall–Kier alpha value is -2.57. The number of phenolic OH excluding ortho intramolecular Hbond substituents is 1. The maximum absolute atomic E-state index is 12.4. The number of rotatable bonds is 2. The summed E-state index contributed by atoms with van der Waals surface area (Å²) in [6.07, 6.45) is 0.369. The summed E-state index contributed by atoms with van der Waals surface area (Å²) in [5.74, 6) is -1.99. The zero-order chi connectivity index (χ0) is 14.9. The third-order valence-electron chi connectivity index (χ3n) is 3.20. The number of phenols is 1. The fourth-order valence-corrected chi connectivity index (χ4v) is 2.17. The number of aromatic hydroxyl groups is 1. The molecular formula is C13H15N3O4. The number of amides is 3. The Morgan fingerprint density at radius 2 is 2.20 bits per heavy atom. The summed E-state index contributed by atoms with van der Waals surface area (Å²) >= 11 is 0. The first-order chi connectivity index (χ1) is 9.45. The molecule has 3 amide bonds. The van der Waals surface area contributed by atoms with Gasteiger partial charge in [-0.3, -0.25) is 19.7 Å². The third kappa shape index (κ3) is 2.29. The van der Waals surface area contributed by atoms with Crippen LogP contribution < -0.4 is 11.1 Å². The van der Waals surface area contributed by atoms with Gasteiger partial charge in [0.05, 0.1) is 11.3 Å². The van der Waals surface area contributed by atoms with E-state index < -0.39 is 23.8 Å². The highest BCUT2D eigenvalue weighted by Gasteiger charge is 2.36. The number of nitrogens with two attached hydrogens (primary N) is 1. The lowest BCUT2D eigenvalue weighted by Gasteiger charge is -2.33. The highest BCUT2D eigenvalue weighted by atomic mass is 16.3. The third-order valence-corrected chi connectivity index (χ3v) is 3.20. The van der Waals surface area contributed by atoms with Gasteiger partial charge in [-0.25, -0.2) is 0 Å². The van der Waals surface area contributed by atoms with Gasteiger partial charge in [0.15, 0.2) is 5.75 Å². The van der Waals surface area contributed by atoms with Gasteiger partial charge >= 0.3 is 0 Å². The zero-order valence-corrected chi connectivity index (χ0v) is 10.9. The average Bonchev–Trinajstić information content (AvgIpc) is 2.40. The highest BCUT2D eigenvalue weighted by Crippen LogP contribution is 2.26. The topological polar surface area (TPSA) is 113 Å². The zero-order valence-electron chi connectivity index (χ0n) is 10.9. The second-order valence-electron chi connectivity index (χ2n) is 4.51. The molecule has 1 heterocycles. The van der Waals surface area contributed by atoms with Gasteiger partial charge in [0, 0.05) is 0 Å². The van der Waals surface area contributed by atoms with E-state index >= 15 is 0 Å². The van der Waals surface area contributed by atoms with Crippen LogP contribution in [-0.4, -0.2) is 40.3 Å². The van der Waals surface area contributed by atoms with Crippen LogP contribution in [0.1, 0.15) is 23.7 Å². The molecule has 1 aliphatic heterocycles. The molecule has 106 valence electrons. The quantitative estimate of drug-likeness (QED) is 0.395. The number of imide groups is 1. The standard InChI is InChI=1S/C13H15N3O4/c1-2-9-12(19)15-10(17)6-16(9)13(20)7-4-3-5-8(14)11(7)18/h3-5,9,18H,2,6,14H2,1H3,(H,15,17,19). The lowest BCUT2D eigenvalue weighted by molar-refractivity contribution is -0.138. The molecule has 0 bridgehead atoms. The highest BCUT2D eigenvalue weighted by molar-refractivity contribution is 6.08. The molecule has 0 radical (unpaired) electrons. The van der Waals surface area contributed by atoms with Gasteiger partial charge in [0.2, 0.25) is 11.8 Å². The van der Waals surface area contributed by atoms with Gasteiger partial charge in [0.25, 0.3) is 5.91 Å². The van der Waals surface area contributed by atoms with E-state index in [4.69, 9.17) is 5.73 Å². The van der Waals surface area contributed by atoms with Gasteiger partial charge in [0.1, 0.15) is 12.6 Å².